The fourth-order valence-corrected chi connectivity index (χ4v) is 5.20. The van der Waals surface area contributed by atoms with Crippen molar-refractivity contribution >= 4 is 28.5 Å². The Hall–Kier alpha value is -2.67. The first kappa shape index (κ1) is 19.3. The summed E-state index contributed by atoms with van der Waals surface area (Å²) in [4.78, 5) is 43.7. The summed E-state index contributed by atoms with van der Waals surface area (Å²) in [5, 5.41) is 4.00. The molecule has 7 heteroatoms. The van der Waals surface area contributed by atoms with Crippen molar-refractivity contribution in [2.45, 2.75) is 44.7 Å². The van der Waals surface area contributed by atoms with Gasteiger partial charge >= 0.3 is 0 Å². The van der Waals surface area contributed by atoms with Gasteiger partial charge in [0.05, 0.1) is 6.61 Å². The standard InChI is InChI=1S/C23H27N3O4/c27-21-13-30-12-20(21)25-22(28)15-6-1-2-7-16(15)23(29)26-10-9-19-17(11-26)14-5-3-4-8-18(14)24-19/h3-5,8,15-16,20,24H,1-2,6-7,9-13H2,(H,25,28)/t15-,16-,20?/m1/s1. The van der Waals surface area contributed by atoms with E-state index >= 15 is 0 Å². The van der Waals surface area contributed by atoms with Crippen molar-refractivity contribution in [2.24, 2.45) is 11.8 Å². The van der Waals surface area contributed by atoms with Gasteiger partial charge in [-0.3, -0.25) is 14.4 Å². The number of benzene rings is 1. The molecule has 5 rings (SSSR count). The van der Waals surface area contributed by atoms with Crippen molar-refractivity contribution in [3.05, 3.63) is 35.5 Å². The number of aromatic nitrogens is 1. The zero-order valence-electron chi connectivity index (χ0n) is 17.0. The highest BCUT2D eigenvalue weighted by Crippen LogP contribution is 2.34. The molecule has 3 heterocycles. The van der Waals surface area contributed by atoms with Crippen LogP contribution in [0.1, 0.15) is 36.9 Å². The summed E-state index contributed by atoms with van der Waals surface area (Å²) in [5.41, 5.74) is 3.50. The number of carbonyl (C=O) groups excluding carboxylic acids is 3. The quantitative estimate of drug-likeness (QED) is 0.811. The van der Waals surface area contributed by atoms with Crippen LogP contribution in [0, 0.1) is 11.8 Å². The van der Waals surface area contributed by atoms with Gasteiger partial charge in [0.25, 0.3) is 0 Å². The minimum atomic E-state index is -0.570. The van der Waals surface area contributed by atoms with E-state index in [9.17, 15) is 14.4 Å². The molecule has 0 radical (unpaired) electrons. The molecule has 1 saturated heterocycles. The average molecular weight is 409 g/mol. The molecule has 3 atom stereocenters. The van der Waals surface area contributed by atoms with E-state index in [-0.39, 0.29) is 42.6 Å². The molecule has 1 unspecified atom stereocenters. The normalized spacial score (nSPS) is 26.6. The van der Waals surface area contributed by atoms with Crippen LogP contribution in [0.2, 0.25) is 0 Å². The van der Waals surface area contributed by atoms with Gasteiger partial charge in [-0.1, -0.05) is 31.0 Å². The third-order valence-electron chi connectivity index (χ3n) is 6.85. The van der Waals surface area contributed by atoms with Gasteiger partial charge in [0.1, 0.15) is 12.6 Å². The van der Waals surface area contributed by atoms with Crippen LogP contribution in [0.3, 0.4) is 0 Å². The van der Waals surface area contributed by atoms with Crippen LogP contribution in [-0.4, -0.2) is 53.3 Å². The fourth-order valence-electron chi connectivity index (χ4n) is 5.20. The molecule has 2 amide bonds. The SMILES string of the molecule is O=C1COCC1NC(=O)[C@@H]1CCCC[C@H]1C(=O)N1CCc2[nH]c3ccccc3c2C1. The average Bonchev–Trinajstić information content (AvgIpc) is 3.35. The second-order valence-corrected chi connectivity index (χ2v) is 8.68. The van der Waals surface area contributed by atoms with Crippen LogP contribution < -0.4 is 5.32 Å². The number of aromatic amines is 1. The van der Waals surface area contributed by atoms with E-state index in [1.807, 2.05) is 17.0 Å². The van der Waals surface area contributed by atoms with Gasteiger partial charge in [-0.15, -0.1) is 0 Å². The predicted octanol–water partition coefficient (Wildman–Crippen LogP) is 1.94. The highest BCUT2D eigenvalue weighted by molar-refractivity contribution is 5.94. The lowest BCUT2D eigenvalue weighted by Gasteiger charge is -2.36. The van der Waals surface area contributed by atoms with Crippen LogP contribution in [0.15, 0.2) is 24.3 Å². The molecule has 1 aromatic carbocycles. The number of fused-ring (bicyclic) bond motifs is 3. The van der Waals surface area contributed by atoms with Crippen LogP contribution in [0.4, 0.5) is 0 Å². The fraction of sp³-hybridized carbons (Fsp3) is 0.522. The van der Waals surface area contributed by atoms with Gasteiger partial charge in [0.15, 0.2) is 5.78 Å². The topological polar surface area (TPSA) is 91.5 Å². The van der Waals surface area contributed by atoms with E-state index in [1.165, 1.54) is 16.6 Å². The van der Waals surface area contributed by atoms with Crippen molar-refractivity contribution in [1.82, 2.24) is 15.2 Å². The number of rotatable bonds is 3. The number of ether oxygens (including phenoxy) is 1. The lowest BCUT2D eigenvalue weighted by molar-refractivity contribution is -0.144. The van der Waals surface area contributed by atoms with Crippen LogP contribution in [-0.2, 0) is 32.1 Å². The molecule has 0 spiro atoms. The molecule has 2 aliphatic heterocycles. The lowest BCUT2D eigenvalue weighted by atomic mass is 9.77. The molecule has 30 heavy (non-hydrogen) atoms. The van der Waals surface area contributed by atoms with E-state index < -0.39 is 6.04 Å². The second-order valence-electron chi connectivity index (χ2n) is 8.68. The highest BCUT2D eigenvalue weighted by atomic mass is 16.5. The number of para-hydroxylation sites is 1. The van der Waals surface area contributed by atoms with E-state index in [1.54, 1.807) is 0 Å². The molecule has 158 valence electrons. The number of Topliss-reactive ketones (excluding diaryl/α,β-unsaturated/α-hetero) is 1. The van der Waals surface area contributed by atoms with Crippen molar-refractivity contribution < 1.29 is 19.1 Å². The Bertz CT molecular complexity index is 997. The Morgan fingerprint density at radius 2 is 1.93 bits per heavy atom. The summed E-state index contributed by atoms with van der Waals surface area (Å²) in [6.07, 6.45) is 4.11. The largest absolute Gasteiger partial charge is 0.371 e. The Morgan fingerprint density at radius 3 is 2.73 bits per heavy atom. The smallest absolute Gasteiger partial charge is 0.226 e. The summed E-state index contributed by atoms with van der Waals surface area (Å²) >= 11 is 0. The molecule has 1 aliphatic carbocycles. The zero-order chi connectivity index (χ0) is 20.7. The van der Waals surface area contributed by atoms with E-state index in [0.29, 0.717) is 19.5 Å². The maximum absolute atomic E-state index is 13.5. The van der Waals surface area contributed by atoms with Crippen LogP contribution >= 0.6 is 0 Å². The monoisotopic (exact) mass is 409 g/mol. The third kappa shape index (κ3) is 3.41. The minimum absolute atomic E-state index is 0.0543. The Balaban J connectivity index is 1.32. The molecule has 2 aromatic rings. The Labute approximate surface area is 175 Å². The second kappa shape index (κ2) is 7.87. The Kier molecular flexibility index (Phi) is 5.06. The zero-order valence-corrected chi connectivity index (χ0v) is 17.0. The van der Waals surface area contributed by atoms with Gasteiger partial charge in [-0.25, -0.2) is 0 Å². The molecule has 0 bridgehead atoms. The molecule has 7 nitrogen and oxygen atoms in total. The Morgan fingerprint density at radius 1 is 1.13 bits per heavy atom. The summed E-state index contributed by atoms with van der Waals surface area (Å²) in [7, 11) is 0. The number of ketones is 1. The first-order chi connectivity index (χ1) is 14.6. The lowest BCUT2D eigenvalue weighted by Crippen LogP contribution is -2.49. The molecule has 1 saturated carbocycles. The van der Waals surface area contributed by atoms with Gasteiger partial charge < -0.3 is 19.9 Å². The maximum Gasteiger partial charge on any atom is 0.226 e. The number of nitrogens with zero attached hydrogens (tertiary/aromatic N) is 1. The van der Waals surface area contributed by atoms with E-state index in [2.05, 4.69) is 22.4 Å². The van der Waals surface area contributed by atoms with Gasteiger partial charge in [-0.2, -0.15) is 0 Å². The van der Waals surface area contributed by atoms with Crippen molar-refractivity contribution in [2.75, 3.05) is 19.8 Å². The number of H-pyrrole nitrogens is 1. The van der Waals surface area contributed by atoms with Gasteiger partial charge in [0, 0.05) is 53.5 Å². The number of nitrogens with one attached hydrogen (secondary N) is 2. The van der Waals surface area contributed by atoms with Gasteiger partial charge in [0.2, 0.25) is 11.8 Å². The predicted molar refractivity (Wildman–Crippen MR) is 111 cm³/mol. The van der Waals surface area contributed by atoms with E-state index in [4.69, 9.17) is 4.74 Å². The first-order valence-corrected chi connectivity index (χ1v) is 10.9. The molecule has 2 N–H and O–H groups in total. The van der Waals surface area contributed by atoms with Crippen molar-refractivity contribution in [1.29, 1.82) is 0 Å². The third-order valence-corrected chi connectivity index (χ3v) is 6.85. The summed E-state index contributed by atoms with van der Waals surface area (Å²) in [6.45, 7) is 1.53. The summed E-state index contributed by atoms with van der Waals surface area (Å²) in [6, 6.07) is 7.62. The van der Waals surface area contributed by atoms with E-state index in [0.717, 1.165) is 31.2 Å². The van der Waals surface area contributed by atoms with Crippen LogP contribution in [0.25, 0.3) is 10.9 Å². The van der Waals surface area contributed by atoms with Crippen LogP contribution in [0.5, 0.6) is 0 Å². The van der Waals surface area contributed by atoms with Crippen molar-refractivity contribution in [3.8, 4) is 0 Å². The summed E-state index contributed by atoms with van der Waals surface area (Å²) < 4.78 is 5.15. The molecular weight excluding hydrogens is 382 g/mol. The highest BCUT2D eigenvalue weighted by Gasteiger charge is 2.40. The number of hydrogen-bond donors (Lipinski definition) is 2. The van der Waals surface area contributed by atoms with Gasteiger partial charge in [-0.05, 0) is 18.9 Å². The molecule has 3 aliphatic rings. The first-order valence-electron chi connectivity index (χ1n) is 10.9. The van der Waals surface area contributed by atoms with Crippen molar-refractivity contribution in [3.63, 3.8) is 0 Å². The minimum Gasteiger partial charge on any atom is -0.371 e. The number of amides is 2. The summed E-state index contributed by atoms with van der Waals surface area (Å²) in [5.74, 6) is -0.890. The number of carbonyl (C=O) groups is 3. The maximum atomic E-state index is 13.5. The molecular formula is C23H27N3O4. The molecule has 2 fully saturated rings. The molecule has 1 aromatic heterocycles. The number of hydrogen-bond acceptors (Lipinski definition) is 4.